The fourth-order valence-electron chi connectivity index (χ4n) is 3.72. The van der Waals surface area contributed by atoms with Crippen molar-refractivity contribution in [3.8, 4) is 5.75 Å². The SMILES string of the molecule is COc1cccc(CNC[C@@H](O)[C@H](Cc2ccccc2)NC(=O)CNS(=O)(=O)Cc2ccccc2)c1. The minimum atomic E-state index is -3.69. The molecule has 0 saturated carbocycles. The van der Waals surface area contributed by atoms with E-state index in [2.05, 4.69) is 15.4 Å². The number of ether oxygens (including phenoxy) is 1. The molecular formula is C27H33N3O5S. The van der Waals surface area contributed by atoms with E-state index < -0.39 is 34.6 Å². The number of hydrogen-bond donors (Lipinski definition) is 4. The van der Waals surface area contributed by atoms with E-state index in [0.29, 0.717) is 18.5 Å². The molecule has 0 aliphatic carbocycles. The average Bonchev–Trinajstić information content (AvgIpc) is 2.88. The number of aliphatic hydroxyl groups is 1. The molecule has 3 aromatic rings. The van der Waals surface area contributed by atoms with E-state index in [-0.39, 0.29) is 12.3 Å². The summed E-state index contributed by atoms with van der Waals surface area (Å²) in [5, 5.41) is 16.9. The van der Waals surface area contributed by atoms with Crippen LogP contribution in [0.2, 0.25) is 0 Å². The number of carbonyl (C=O) groups is 1. The number of benzene rings is 3. The number of methoxy groups -OCH3 is 1. The van der Waals surface area contributed by atoms with Crippen LogP contribution in [0.5, 0.6) is 5.75 Å². The summed E-state index contributed by atoms with van der Waals surface area (Å²) in [5.41, 5.74) is 2.57. The summed E-state index contributed by atoms with van der Waals surface area (Å²) in [6, 6.07) is 25.2. The van der Waals surface area contributed by atoms with Crippen molar-refractivity contribution in [3.05, 3.63) is 102 Å². The Morgan fingerprint density at radius 1 is 0.917 bits per heavy atom. The Morgan fingerprint density at radius 3 is 2.22 bits per heavy atom. The van der Waals surface area contributed by atoms with Crippen LogP contribution in [0.3, 0.4) is 0 Å². The highest BCUT2D eigenvalue weighted by molar-refractivity contribution is 7.88. The first-order chi connectivity index (χ1) is 17.3. The van der Waals surface area contributed by atoms with Gasteiger partial charge in [-0.05, 0) is 35.2 Å². The molecule has 0 spiro atoms. The molecule has 3 aromatic carbocycles. The van der Waals surface area contributed by atoms with Gasteiger partial charge >= 0.3 is 0 Å². The van der Waals surface area contributed by atoms with Gasteiger partial charge < -0.3 is 20.5 Å². The summed E-state index contributed by atoms with van der Waals surface area (Å²) in [4.78, 5) is 12.6. The third kappa shape index (κ3) is 9.43. The molecule has 0 aromatic heterocycles. The molecule has 0 aliphatic rings. The fourth-order valence-corrected chi connectivity index (χ4v) is 4.80. The first-order valence-electron chi connectivity index (χ1n) is 11.7. The van der Waals surface area contributed by atoms with Gasteiger partial charge in [-0.15, -0.1) is 0 Å². The molecule has 3 rings (SSSR count). The van der Waals surface area contributed by atoms with Crippen molar-refractivity contribution in [2.75, 3.05) is 20.2 Å². The number of rotatable bonds is 14. The molecule has 0 heterocycles. The highest BCUT2D eigenvalue weighted by Gasteiger charge is 2.22. The van der Waals surface area contributed by atoms with Gasteiger partial charge in [-0.2, -0.15) is 0 Å². The number of nitrogens with one attached hydrogen (secondary N) is 3. The van der Waals surface area contributed by atoms with Gasteiger partial charge in [0.15, 0.2) is 0 Å². The van der Waals surface area contributed by atoms with Crippen LogP contribution in [0.1, 0.15) is 16.7 Å². The predicted molar refractivity (Wildman–Crippen MR) is 140 cm³/mol. The largest absolute Gasteiger partial charge is 0.497 e. The van der Waals surface area contributed by atoms with Crippen LogP contribution in [-0.4, -0.2) is 51.8 Å². The number of aliphatic hydroxyl groups excluding tert-OH is 1. The molecule has 8 nitrogen and oxygen atoms in total. The van der Waals surface area contributed by atoms with Crippen molar-refractivity contribution in [2.45, 2.75) is 30.9 Å². The third-order valence-electron chi connectivity index (χ3n) is 5.58. The molecule has 1 amide bonds. The van der Waals surface area contributed by atoms with Crippen LogP contribution in [-0.2, 0) is 33.5 Å². The Balaban J connectivity index is 1.56. The van der Waals surface area contributed by atoms with Crippen LogP contribution in [0.25, 0.3) is 0 Å². The molecule has 2 atom stereocenters. The van der Waals surface area contributed by atoms with Crippen molar-refractivity contribution in [1.29, 1.82) is 0 Å². The van der Waals surface area contributed by atoms with Gasteiger partial charge in [-0.1, -0.05) is 72.8 Å². The van der Waals surface area contributed by atoms with Crippen LogP contribution in [0.15, 0.2) is 84.9 Å². The highest BCUT2D eigenvalue weighted by Crippen LogP contribution is 2.12. The summed E-state index contributed by atoms with van der Waals surface area (Å²) < 4.78 is 32.3. The smallest absolute Gasteiger partial charge is 0.235 e. The van der Waals surface area contributed by atoms with Gasteiger partial charge in [0.2, 0.25) is 15.9 Å². The topological polar surface area (TPSA) is 117 Å². The van der Waals surface area contributed by atoms with Crippen LogP contribution >= 0.6 is 0 Å². The van der Waals surface area contributed by atoms with Gasteiger partial charge in [0.25, 0.3) is 0 Å². The van der Waals surface area contributed by atoms with Crippen molar-refractivity contribution in [2.24, 2.45) is 0 Å². The molecule has 0 saturated heterocycles. The maximum absolute atomic E-state index is 12.6. The molecule has 0 fully saturated rings. The summed E-state index contributed by atoms with van der Waals surface area (Å²) in [5.74, 6) is 0.0176. The molecule has 0 aliphatic heterocycles. The van der Waals surface area contributed by atoms with Crippen LogP contribution in [0.4, 0.5) is 0 Å². The van der Waals surface area contributed by atoms with E-state index >= 15 is 0 Å². The summed E-state index contributed by atoms with van der Waals surface area (Å²) in [6.45, 7) is 0.332. The first kappa shape index (κ1) is 27.3. The summed E-state index contributed by atoms with van der Waals surface area (Å²) in [7, 11) is -2.09. The Labute approximate surface area is 212 Å². The second-order valence-corrected chi connectivity index (χ2v) is 10.3. The molecular weight excluding hydrogens is 478 g/mol. The zero-order valence-corrected chi connectivity index (χ0v) is 21.1. The molecule has 0 radical (unpaired) electrons. The molecule has 192 valence electrons. The molecule has 9 heteroatoms. The Bertz CT molecular complexity index is 1190. The van der Waals surface area contributed by atoms with E-state index in [1.807, 2.05) is 54.6 Å². The number of amides is 1. The van der Waals surface area contributed by atoms with E-state index in [9.17, 15) is 18.3 Å². The second kappa shape index (κ2) is 13.7. The van der Waals surface area contributed by atoms with Crippen LogP contribution in [0, 0.1) is 0 Å². The quantitative estimate of drug-likeness (QED) is 0.263. The monoisotopic (exact) mass is 511 g/mol. The Kier molecular flexibility index (Phi) is 10.4. The number of hydrogen-bond acceptors (Lipinski definition) is 6. The predicted octanol–water partition coefficient (Wildman–Crippen LogP) is 1.99. The lowest BCUT2D eigenvalue weighted by Crippen LogP contribution is -2.51. The van der Waals surface area contributed by atoms with Gasteiger partial charge in [0, 0.05) is 13.1 Å². The third-order valence-corrected chi connectivity index (χ3v) is 6.88. The van der Waals surface area contributed by atoms with E-state index in [0.717, 1.165) is 16.9 Å². The number of carbonyl (C=O) groups excluding carboxylic acids is 1. The van der Waals surface area contributed by atoms with Gasteiger partial charge in [-0.3, -0.25) is 4.79 Å². The lowest BCUT2D eigenvalue weighted by Gasteiger charge is -2.25. The van der Waals surface area contributed by atoms with Crippen molar-refractivity contribution in [1.82, 2.24) is 15.4 Å². The first-order valence-corrected chi connectivity index (χ1v) is 13.4. The lowest BCUT2D eigenvalue weighted by molar-refractivity contribution is -0.121. The van der Waals surface area contributed by atoms with Crippen molar-refractivity contribution in [3.63, 3.8) is 0 Å². The molecule has 4 N–H and O–H groups in total. The van der Waals surface area contributed by atoms with Gasteiger partial charge in [0.05, 0.1) is 31.6 Å². The van der Waals surface area contributed by atoms with E-state index in [1.165, 1.54) is 0 Å². The second-order valence-electron chi connectivity index (χ2n) is 8.48. The van der Waals surface area contributed by atoms with E-state index in [4.69, 9.17) is 4.74 Å². The Hall–Kier alpha value is -3.24. The zero-order valence-electron chi connectivity index (χ0n) is 20.3. The fraction of sp³-hybridized carbons (Fsp3) is 0.296. The van der Waals surface area contributed by atoms with Crippen molar-refractivity contribution < 1.29 is 23.1 Å². The normalized spacial score (nSPS) is 13.1. The standard InChI is InChI=1S/C27H33N3O5S/c1-35-24-14-8-13-23(15-24)17-28-18-26(31)25(16-21-9-4-2-5-10-21)30-27(32)19-29-36(33,34)20-22-11-6-3-7-12-22/h2-15,25-26,28-29,31H,16-20H2,1H3,(H,30,32)/t25-,26+/m0/s1. The maximum Gasteiger partial charge on any atom is 0.235 e. The van der Waals surface area contributed by atoms with Crippen LogP contribution < -0.4 is 20.1 Å². The minimum absolute atomic E-state index is 0.217. The van der Waals surface area contributed by atoms with Gasteiger partial charge in [-0.25, -0.2) is 13.1 Å². The number of sulfonamides is 1. The maximum atomic E-state index is 12.6. The highest BCUT2D eigenvalue weighted by atomic mass is 32.2. The molecule has 36 heavy (non-hydrogen) atoms. The minimum Gasteiger partial charge on any atom is -0.497 e. The van der Waals surface area contributed by atoms with Crippen molar-refractivity contribution >= 4 is 15.9 Å². The van der Waals surface area contributed by atoms with Gasteiger partial charge in [0.1, 0.15) is 5.75 Å². The summed E-state index contributed by atoms with van der Waals surface area (Å²) >= 11 is 0. The zero-order chi connectivity index (χ0) is 25.8. The lowest BCUT2D eigenvalue weighted by atomic mass is 10.0. The molecule has 0 unspecified atom stereocenters. The Morgan fingerprint density at radius 2 is 1.56 bits per heavy atom. The molecule has 0 bridgehead atoms. The average molecular weight is 512 g/mol. The summed E-state index contributed by atoms with van der Waals surface area (Å²) in [6.07, 6.45) is -0.508. The van der Waals surface area contributed by atoms with E-state index in [1.54, 1.807) is 37.4 Å².